The monoisotopic (exact) mass is 698 g/mol. The predicted molar refractivity (Wildman–Crippen MR) is 171 cm³/mol. The van der Waals surface area contributed by atoms with E-state index in [4.69, 9.17) is 30.5 Å². The van der Waals surface area contributed by atoms with Crippen molar-refractivity contribution >= 4 is 43.8 Å². The Labute approximate surface area is 275 Å². The molecule has 0 fully saturated rings. The SMILES string of the molecule is CCCCOCCOc1cc(Cl)ccc1C(Nc1cc(OC)cc(S(C)(=O)=O)c1)C(=O)c1c[nH]c2cc(OC)c(OC(F)(F)F)cc12. The number of aromatic nitrogens is 1. The van der Waals surface area contributed by atoms with Crippen LogP contribution in [0.25, 0.3) is 10.9 Å². The molecule has 0 aliphatic carbocycles. The number of unbranched alkanes of at least 4 members (excludes halogenated alkanes) is 1. The van der Waals surface area contributed by atoms with Crippen LogP contribution in [0, 0.1) is 0 Å². The first kappa shape index (κ1) is 35.7. The summed E-state index contributed by atoms with van der Waals surface area (Å²) in [4.78, 5) is 17.3. The summed E-state index contributed by atoms with van der Waals surface area (Å²) in [6, 6.07) is 9.89. The van der Waals surface area contributed by atoms with E-state index < -0.39 is 33.8 Å². The van der Waals surface area contributed by atoms with Crippen LogP contribution in [0.4, 0.5) is 18.9 Å². The normalized spacial score (nSPS) is 12.5. The number of hydrogen-bond donors (Lipinski definition) is 2. The lowest BCUT2D eigenvalue weighted by Gasteiger charge is -2.23. The van der Waals surface area contributed by atoms with E-state index in [0.29, 0.717) is 22.7 Å². The molecule has 2 N–H and O–H groups in total. The van der Waals surface area contributed by atoms with Crippen LogP contribution in [0.2, 0.25) is 5.02 Å². The fraction of sp³-hybridized carbons (Fsp3) is 0.344. The van der Waals surface area contributed by atoms with Crippen molar-refractivity contribution in [3.63, 3.8) is 0 Å². The Balaban J connectivity index is 1.83. The van der Waals surface area contributed by atoms with Gasteiger partial charge >= 0.3 is 6.36 Å². The van der Waals surface area contributed by atoms with Crippen molar-refractivity contribution < 1.29 is 50.1 Å². The van der Waals surface area contributed by atoms with E-state index in [1.165, 1.54) is 50.7 Å². The van der Waals surface area contributed by atoms with Gasteiger partial charge in [0.25, 0.3) is 0 Å². The van der Waals surface area contributed by atoms with Crippen LogP contribution in [-0.4, -0.2) is 65.8 Å². The number of benzene rings is 3. The fourth-order valence-electron chi connectivity index (χ4n) is 4.72. The zero-order valence-electron chi connectivity index (χ0n) is 26.0. The molecule has 4 rings (SSSR count). The number of rotatable bonds is 16. The van der Waals surface area contributed by atoms with E-state index >= 15 is 0 Å². The molecule has 1 heterocycles. The molecule has 1 unspecified atom stereocenters. The lowest BCUT2D eigenvalue weighted by atomic mass is 9.95. The number of sulfone groups is 1. The number of Topliss-reactive ketones (excluding diaryl/α,β-unsaturated/α-hetero) is 1. The molecule has 0 saturated carbocycles. The van der Waals surface area contributed by atoms with Gasteiger partial charge in [0.15, 0.2) is 27.1 Å². The molecule has 1 aromatic heterocycles. The van der Waals surface area contributed by atoms with E-state index in [-0.39, 0.29) is 52.0 Å². The van der Waals surface area contributed by atoms with Crippen molar-refractivity contribution in [1.29, 1.82) is 0 Å². The first-order valence-electron chi connectivity index (χ1n) is 14.4. The van der Waals surface area contributed by atoms with Gasteiger partial charge in [-0.05, 0) is 36.8 Å². The molecule has 47 heavy (non-hydrogen) atoms. The maximum absolute atomic E-state index is 14.5. The van der Waals surface area contributed by atoms with Gasteiger partial charge in [0.1, 0.15) is 24.1 Å². The Kier molecular flexibility index (Phi) is 11.5. The second-order valence-corrected chi connectivity index (χ2v) is 12.9. The van der Waals surface area contributed by atoms with Crippen molar-refractivity contribution in [1.82, 2.24) is 4.98 Å². The number of H-pyrrole nitrogens is 1. The molecule has 254 valence electrons. The highest BCUT2D eigenvalue weighted by Crippen LogP contribution is 2.40. The van der Waals surface area contributed by atoms with E-state index in [0.717, 1.165) is 25.2 Å². The first-order valence-corrected chi connectivity index (χ1v) is 16.7. The number of aromatic amines is 1. The number of halogens is 4. The molecule has 0 amide bonds. The maximum atomic E-state index is 14.5. The van der Waals surface area contributed by atoms with Gasteiger partial charge in [0, 0.05) is 58.4 Å². The topological polar surface area (TPSA) is 125 Å². The van der Waals surface area contributed by atoms with E-state index in [1.54, 1.807) is 12.1 Å². The highest BCUT2D eigenvalue weighted by atomic mass is 35.5. The third-order valence-corrected chi connectivity index (χ3v) is 8.32. The summed E-state index contributed by atoms with van der Waals surface area (Å²) in [5.74, 6) is -1.02. The van der Waals surface area contributed by atoms with Gasteiger partial charge in [-0.25, -0.2) is 8.42 Å². The van der Waals surface area contributed by atoms with Crippen molar-refractivity contribution in [2.75, 3.05) is 45.6 Å². The highest BCUT2D eigenvalue weighted by molar-refractivity contribution is 7.90. The van der Waals surface area contributed by atoms with Crippen molar-refractivity contribution in [3.8, 4) is 23.0 Å². The quantitative estimate of drug-likeness (QED) is 0.0911. The average molecular weight is 699 g/mol. The van der Waals surface area contributed by atoms with Gasteiger partial charge < -0.3 is 34.0 Å². The molecule has 0 aliphatic rings. The number of alkyl halides is 3. The van der Waals surface area contributed by atoms with Crippen LogP contribution < -0.4 is 24.3 Å². The molecule has 0 aliphatic heterocycles. The summed E-state index contributed by atoms with van der Waals surface area (Å²) in [7, 11) is -1.14. The van der Waals surface area contributed by atoms with E-state index in [1.807, 2.05) is 6.92 Å². The number of ketones is 1. The molecule has 0 bridgehead atoms. The minimum atomic E-state index is -5.02. The fourth-order valence-corrected chi connectivity index (χ4v) is 5.56. The van der Waals surface area contributed by atoms with Crippen LogP contribution in [0.15, 0.2) is 59.6 Å². The Morgan fingerprint density at radius 2 is 1.74 bits per heavy atom. The Bertz CT molecular complexity index is 1830. The van der Waals surface area contributed by atoms with Crippen LogP contribution in [-0.2, 0) is 14.6 Å². The van der Waals surface area contributed by atoms with Crippen LogP contribution in [0.5, 0.6) is 23.0 Å². The smallest absolute Gasteiger partial charge is 0.497 e. The summed E-state index contributed by atoms with van der Waals surface area (Å²) >= 11 is 6.31. The van der Waals surface area contributed by atoms with Crippen molar-refractivity contribution in [2.45, 2.75) is 37.1 Å². The number of anilines is 1. The summed E-state index contributed by atoms with van der Waals surface area (Å²) < 4.78 is 90.8. The lowest BCUT2D eigenvalue weighted by Crippen LogP contribution is -2.23. The molecule has 0 radical (unpaired) electrons. The molecule has 0 saturated heterocycles. The average Bonchev–Trinajstić information content (AvgIpc) is 3.42. The molecular weight excluding hydrogens is 665 g/mol. The van der Waals surface area contributed by atoms with Crippen LogP contribution >= 0.6 is 11.6 Å². The number of fused-ring (bicyclic) bond motifs is 1. The first-order chi connectivity index (χ1) is 22.2. The van der Waals surface area contributed by atoms with Gasteiger partial charge in [-0.2, -0.15) is 0 Å². The molecule has 10 nitrogen and oxygen atoms in total. The third-order valence-electron chi connectivity index (χ3n) is 6.99. The minimum absolute atomic E-state index is 0.00205. The minimum Gasteiger partial charge on any atom is -0.497 e. The van der Waals surface area contributed by atoms with Gasteiger partial charge in [0.05, 0.1) is 31.2 Å². The number of ether oxygens (including phenoxy) is 5. The number of hydrogen-bond acceptors (Lipinski definition) is 9. The predicted octanol–water partition coefficient (Wildman–Crippen LogP) is 7.37. The zero-order valence-corrected chi connectivity index (χ0v) is 27.6. The van der Waals surface area contributed by atoms with Gasteiger partial charge in [-0.3, -0.25) is 4.79 Å². The number of nitrogens with one attached hydrogen (secondary N) is 2. The molecule has 1 atom stereocenters. The summed E-state index contributed by atoms with van der Waals surface area (Å²) in [6.07, 6.45) is -0.798. The van der Waals surface area contributed by atoms with E-state index in [2.05, 4.69) is 15.0 Å². The Morgan fingerprint density at radius 1 is 0.979 bits per heavy atom. The molecule has 0 spiro atoms. The second-order valence-electron chi connectivity index (χ2n) is 10.4. The molecule has 4 aromatic rings. The standard InChI is InChI=1S/C32H34ClF3N2O8S/c1-5-6-9-44-10-11-45-27-12-19(33)7-8-23(27)30(38-20-13-21(42-2)15-22(14-20)47(4,40)41)31(39)25-18-37-26-17-28(43-3)29(16-24(25)26)46-32(34,35)36/h7-8,12-18,30,37-38H,5-6,9-11H2,1-4H3. The summed E-state index contributed by atoms with van der Waals surface area (Å²) in [5, 5.41) is 3.52. The van der Waals surface area contributed by atoms with Gasteiger partial charge in [-0.15, -0.1) is 13.2 Å². The van der Waals surface area contributed by atoms with Crippen LogP contribution in [0.1, 0.15) is 41.7 Å². The number of methoxy groups -OCH3 is 2. The Hall–Kier alpha value is -4.14. The highest BCUT2D eigenvalue weighted by Gasteiger charge is 2.34. The second kappa shape index (κ2) is 15.2. The van der Waals surface area contributed by atoms with E-state index in [9.17, 15) is 26.4 Å². The summed E-state index contributed by atoms with van der Waals surface area (Å²) in [5.41, 5.74) is 0.819. The van der Waals surface area contributed by atoms with Crippen molar-refractivity contribution in [3.05, 3.63) is 70.9 Å². The van der Waals surface area contributed by atoms with Gasteiger partial charge in [0.2, 0.25) is 0 Å². The number of carbonyl (C=O) groups is 1. The maximum Gasteiger partial charge on any atom is 0.573 e. The largest absolute Gasteiger partial charge is 0.573 e. The van der Waals surface area contributed by atoms with Gasteiger partial charge in [-0.1, -0.05) is 31.0 Å². The number of carbonyl (C=O) groups excluding carboxylic acids is 1. The summed E-state index contributed by atoms with van der Waals surface area (Å²) in [6.45, 7) is 2.98. The lowest BCUT2D eigenvalue weighted by molar-refractivity contribution is -0.275. The van der Waals surface area contributed by atoms with Crippen molar-refractivity contribution in [2.24, 2.45) is 0 Å². The Morgan fingerprint density at radius 3 is 2.40 bits per heavy atom. The molecular formula is C32H34ClF3N2O8S. The third kappa shape index (κ3) is 9.24. The van der Waals surface area contributed by atoms with Crippen LogP contribution in [0.3, 0.4) is 0 Å². The molecule has 3 aromatic carbocycles. The molecule has 15 heteroatoms. The zero-order chi connectivity index (χ0) is 34.4.